The van der Waals surface area contributed by atoms with Crippen molar-refractivity contribution in [3.63, 3.8) is 0 Å². The van der Waals surface area contributed by atoms with Crippen LogP contribution in [0.3, 0.4) is 0 Å². The molecule has 23 heavy (non-hydrogen) atoms. The third-order valence-electron chi connectivity index (χ3n) is 3.36. The molecule has 0 unspecified atom stereocenters. The Labute approximate surface area is 132 Å². The van der Waals surface area contributed by atoms with Crippen LogP contribution in [-0.4, -0.2) is 29.4 Å². The predicted octanol–water partition coefficient (Wildman–Crippen LogP) is 1.30. The van der Waals surface area contributed by atoms with Crippen LogP contribution in [0.25, 0.3) is 0 Å². The van der Waals surface area contributed by atoms with E-state index in [1.54, 1.807) is 24.0 Å². The number of nitro benzene ring substituents is 1. The van der Waals surface area contributed by atoms with E-state index in [-0.39, 0.29) is 12.1 Å². The van der Waals surface area contributed by atoms with Crippen molar-refractivity contribution in [3.05, 3.63) is 51.8 Å². The zero-order valence-electron chi connectivity index (χ0n) is 12.5. The van der Waals surface area contributed by atoms with Gasteiger partial charge in [-0.25, -0.2) is 22.5 Å². The third kappa shape index (κ3) is 3.71. The Morgan fingerprint density at radius 3 is 2.70 bits per heavy atom. The van der Waals surface area contributed by atoms with Crippen LogP contribution >= 0.6 is 0 Å². The van der Waals surface area contributed by atoms with E-state index in [0.29, 0.717) is 12.2 Å². The van der Waals surface area contributed by atoms with Crippen LogP contribution in [0.2, 0.25) is 0 Å². The molecule has 124 valence electrons. The first-order valence-corrected chi connectivity index (χ1v) is 8.11. The molecule has 8 nitrogen and oxygen atoms in total. The maximum Gasteiger partial charge on any atom is 0.276 e. The number of rotatable bonds is 6. The Balaban J connectivity index is 2.19. The molecule has 0 fully saturated rings. The standard InChI is InChI=1S/C13H15FN4O4S/c1-9-11(14)7-10(8-12(9)18(19)20)23(21,22)16-4-3-13-15-5-6-17(13)2/h5-8,16H,3-4H2,1-2H3. The fourth-order valence-corrected chi connectivity index (χ4v) is 3.07. The molecule has 10 heteroatoms. The summed E-state index contributed by atoms with van der Waals surface area (Å²) < 4.78 is 42.1. The van der Waals surface area contributed by atoms with Gasteiger partial charge in [-0.3, -0.25) is 10.1 Å². The second kappa shape index (κ2) is 6.42. The molecule has 0 atom stereocenters. The lowest BCUT2D eigenvalue weighted by Crippen LogP contribution is -2.27. The van der Waals surface area contributed by atoms with Crippen LogP contribution in [0.1, 0.15) is 11.4 Å². The normalized spacial score (nSPS) is 11.6. The first kappa shape index (κ1) is 17.0. The summed E-state index contributed by atoms with van der Waals surface area (Å²) in [5.74, 6) is -0.266. The monoisotopic (exact) mass is 342 g/mol. The van der Waals surface area contributed by atoms with Gasteiger partial charge in [0, 0.05) is 38.5 Å². The molecule has 2 aromatic rings. The number of halogens is 1. The number of hydrogen-bond donors (Lipinski definition) is 1. The molecular weight excluding hydrogens is 327 g/mol. The lowest BCUT2D eigenvalue weighted by atomic mass is 10.2. The van der Waals surface area contributed by atoms with Gasteiger partial charge in [0.15, 0.2) is 0 Å². The number of nitrogens with zero attached hydrogens (tertiary/aromatic N) is 3. The minimum Gasteiger partial charge on any atom is -0.338 e. The van der Waals surface area contributed by atoms with Gasteiger partial charge in [0.05, 0.1) is 15.4 Å². The Morgan fingerprint density at radius 1 is 1.43 bits per heavy atom. The van der Waals surface area contributed by atoms with Gasteiger partial charge in [0.25, 0.3) is 5.69 Å². The van der Waals surface area contributed by atoms with Crippen molar-refractivity contribution in [1.82, 2.24) is 14.3 Å². The molecule has 0 saturated carbocycles. The minimum absolute atomic E-state index is 0.0382. The molecule has 0 radical (unpaired) electrons. The van der Waals surface area contributed by atoms with Gasteiger partial charge in [-0.05, 0) is 13.0 Å². The number of nitrogens with one attached hydrogen (secondary N) is 1. The molecular formula is C13H15FN4O4S. The number of sulfonamides is 1. The Bertz CT molecular complexity index is 848. The van der Waals surface area contributed by atoms with Crippen LogP contribution in [0.15, 0.2) is 29.4 Å². The maximum absolute atomic E-state index is 13.7. The van der Waals surface area contributed by atoms with Crippen LogP contribution in [0.4, 0.5) is 10.1 Å². The van der Waals surface area contributed by atoms with E-state index >= 15 is 0 Å². The number of hydrogen-bond acceptors (Lipinski definition) is 5. The lowest BCUT2D eigenvalue weighted by Gasteiger charge is -2.08. The summed E-state index contributed by atoms with van der Waals surface area (Å²) in [4.78, 5) is 13.6. The highest BCUT2D eigenvalue weighted by Crippen LogP contribution is 2.25. The molecule has 1 heterocycles. The van der Waals surface area contributed by atoms with E-state index in [0.717, 1.165) is 12.1 Å². The molecule has 0 bridgehead atoms. The topological polar surface area (TPSA) is 107 Å². The third-order valence-corrected chi connectivity index (χ3v) is 4.80. The average Bonchev–Trinajstić information content (AvgIpc) is 2.86. The summed E-state index contributed by atoms with van der Waals surface area (Å²) in [5, 5.41) is 10.9. The highest BCUT2D eigenvalue weighted by Gasteiger charge is 2.23. The summed E-state index contributed by atoms with van der Waals surface area (Å²) in [6.45, 7) is 1.26. The molecule has 0 amide bonds. The van der Waals surface area contributed by atoms with Crippen molar-refractivity contribution >= 4 is 15.7 Å². The molecule has 0 aliphatic rings. The predicted molar refractivity (Wildman–Crippen MR) is 79.9 cm³/mol. The van der Waals surface area contributed by atoms with Gasteiger partial charge in [-0.1, -0.05) is 0 Å². The maximum atomic E-state index is 13.7. The van der Waals surface area contributed by atoms with Crippen LogP contribution in [0.5, 0.6) is 0 Å². The second-order valence-electron chi connectivity index (χ2n) is 4.91. The van der Waals surface area contributed by atoms with Crippen molar-refractivity contribution in [2.24, 2.45) is 7.05 Å². The molecule has 1 aromatic heterocycles. The van der Waals surface area contributed by atoms with Crippen molar-refractivity contribution in [1.29, 1.82) is 0 Å². The SMILES string of the molecule is Cc1c(F)cc(S(=O)(=O)NCCc2nccn2C)cc1[N+](=O)[O-]. The summed E-state index contributed by atoms with van der Waals surface area (Å²) in [6.07, 6.45) is 3.64. The first-order chi connectivity index (χ1) is 10.7. The highest BCUT2D eigenvalue weighted by molar-refractivity contribution is 7.89. The summed E-state index contributed by atoms with van der Waals surface area (Å²) in [5.41, 5.74) is -0.781. The summed E-state index contributed by atoms with van der Waals surface area (Å²) >= 11 is 0. The van der Waals surface area contributed by atoms with E-state index in [1.807, 2.05) is 0 Å². The zero-order chi connectivity index (χ0) is 17.2. The number of aryl methyl sites for hydroxylation is 1. The van der Waals surface area contributed by atoms with Crippen molar-refractivity contribution in [2.45, 2.75) is 18.2 Å². The van der Waals surface area contributed by atoms with Crippen molar-refractivity contribution < 1.29 is 17.7 Å². The number of imidazole rings is 1. The van der Waals surface area contributed by atoms with Crippen LogP contribution in [0, 0.1) is 22.9 Å². The second-order valence-corrected chi connectivity index (χ2v) is 6.68. The number of aromatic nitrogens is 2. The van der Waals surface area contributed by atoms with Gasteiger partial charge in [-0.2, -0.15) is 0 Å². The van der Waals surface area contributed by atoms with Gasteiger partial charge in [0.2, 0.25) is 10.0 Å². The van der Waals surface area contributed by atoms with Crippen molar-refractivity contribution in [2.75, 3.05) is 6.54 Å². The number of benzene rings is 1. The summed E-state index contributed by atoms with van der Waals surface area (Å²) in [6, 6.07) is 1.62. The highest BCUT2D eigenvalue weighted by atomic mass is 32.2. The van der Waals surface area contributed by atoms with E-state index in [4.69, 9.17) is 0 Å². The van der Waals surface area contributed by atoms with Crippen LogP contribution in [-0.2, 0) is 23.5 Å². The first-order valence-electron chi connectivity index (χ1n) is 6.63. The van der Waals surface area contributed by atoms with E-state index < -0.39 is 31.3 Å². The largest absolute Gasteiger partial charge is 0.338 e. The fraction of sp³-hybridized carbons (Fsp3) is 0.308. The van der Waals surface area contributed by atoms with E-state index in [9.17, 15) is 22.9 Å². The quantitative estimate of drug-likeness (QED) is 0.629. The zero-order valence-corrected chi connectivity index (χ0v) is 13.3. The molecule has 0 saturated heterocycles. The average molecular weight is 342 g/mol. The van der Waals surface area contributed by atoms with Crippen molar-refractivity contribution in [3.8, 4) is 0 Å². The summed E-state index contributed by atoms with van der Waals surface area (Å²) in [7, 11) is -2.28. The molecule has 2 rings (SSSR count). The molecule has 1 N–H and O–H groups in total. The van der Waals surface area contributed by atoms with E-state index in [1.165, 1.54) is 6.92 Å². The van der Waals surface area contributed by atoms with Crippen LogP contribution < -0.4 is 4.72 Å². The van der Waals surface area contributed by atoms with Gasteiger partial charge in [0.1, 0.15) is 11.6 Å². The Morgan fingerprint density at radius 2 is 2.13 bits per heavy atom. The van der Waals surface area contributed by atoms with Gasteiger partial charge >= 0.3 is 0 Å². The van der Waals surface area contributed by atoms with Gasteiger partial charge < -0.3 is 4.57 Å². The Hall–Kier alpha value is -2.33. The fourth-order valence-electron chi connectivity index (χ4n) is 2.00. The molecule has 1 aromatic carbocycles. The molecule has 0 aliphatic heterocycles. The molecule has 0 aliphatic carbocycles. The lowest BCUT2D eigenvalue weighted by molar-refractivity contribution is -0.385. The molecule has 0 spiro atoms. The minimum atomic E-state index is -4.05. The van der Waals surface area contributed by atoms with Gasteiger partial charge in [-0.15, -0.1) is 0 Å². The Kier molecular flexibility index (Phi) is 4.76. The van der Waals surface area contributed by atoms with E-state index in [2.05, 4.69) is 9.71 Å². The smallest absolute Gasteiger partial charge is 0.276 e. The number of nitro groups is 1.